The van der Waals surface area contributed by atoms with Gasteiger partial charge in [-0.2, -0.15) is 0 Å². The summed E-state index contributed by atoms with van der Waals surface area (Å²) in [5, 5.41) is 7.22. The van der Waals surface area contributed by atoms with Crippen molar-refractivity contribution in [3.63, 3.8) is 0 Å². The Morgan fingerprint density at radius 2 is 2.10 bits per heavy atom. The second kappa shape index (κ2) is 6.57. The van der Waals surface area contributed by atoms with E-state index in [9.17, 15) is 0 Å². The molecule has 3 atom stereocenters. The van der Waals surface area contributed by atoms with Crippen LogP contribution in [0.2, 0.25) is 0 Å². The minimum absolute atomic E-state index is 0.439. The molecule has 0 amide bonds. The predicted molar refractivity (Wildman–Crippen MR) is 88.3 cm³/mol. The molecule has 3 heteroatoms. The third-order valence-corrected chi connectivity index (χ3v) is 5.77. The van der Waals surface area contributed by atoms with E-state index in [0.29, 0.717) is 11.5 Å². The lowest BCUT2D eigenvalue weighted by Crippen LogP contribution is -2.43. The molecule has 1 aliphatic rings. The summed E-state index contributed by atoms with van der Waals surface area (Å²) in [7, 11) is 0. The molecule has 0 bridgehead atoms. The third kappa shape index (κ3) is 4.05. The van der Waals surface area contributed by atoms with Crippen molar-refractivity contribution in [2.24, 2.45) is 17.3 Å². The standard InChI is InChI=1S/C17H30N2S/c1-6-18-15-8-7-14(17(3,4)5)9-13(15)10-16-19-12(2)11-20-16/h11,13-15,18H,6-10H2,1-5H3. The van der Waals surface area contributed by atoms with Crippen molar-refractivity contribution in [3.05, 3.63) is 16.1 Å². The van der Waals surface area contributed by atoms with Gasteiger partial charge in [0.05, 0.1) is 5.01 Å². The maximum Gasteiger partial charge on any atom is 0.0931 e. The molecule has 0 aromatic carbocycles. The molecule has 0 aliphatic heterocycles. The molecular formula is C17H30N2S. The zero-order chi connectivity index (χ0) is 14.8. The minimum atomic E-state index is 0.439. The van der Waals surface area contributed by atoms with E-state index in [-0.39, 0.29) is 0 Å². The molecule has 1 saturated carbocycles. The Bertz CT molecular complexity index is 419. The number of hydrogen-bond donors (Lipinski definition) is 1. The van der Waals surface area contributed by atoms with Gasteiger partial charge in [0.15, 0.2) is 0 Å². The smallest absolute Gasteiger partial charge is 0.0931 e. The number of aromatic nitrogens is 1. The molecule has 2 rings (SSSR count). The second-order valence-corrected chi connectivity index (χ2v) is 8.33. The van der Waals surface area contributed by atoms with Crippen molar-refractivity contribution in [2.75, 3.05) is 6.54 Å². The van der Waals surface area contributed by atoms with Crippen LogP contribution in [0.15, 0.2) is 5.38 Å². The Morgan fingerprint density at radius 1 is 1.35 bits per heavy atom. The average Bonchev–Trinajstić information content (AvgIpc) is 2.76. The molecule has 20 heavy (non-hydrogen) atoms. The van der Waals surface area contributed by atoms with Crippen LogP contribution in [0.1, 0.15) is 57.7 Å². The Balaban J connectivity index is 2.06. The first-order chi connectivity index (χ1) is 9.40. The van der Waals surface area contributed by atoms with Crippen LogP contribution >= 0.6 is 11.3 Å². The van der Waals surface area contributed by atoms with Gasteiger partial charge in [-0.1, -0.05) is 27.7 Å². The zero-order valence-corrected chi connectivity index (χ0v) is 14.5. The fourth-order valence-corrected chi connectivity index (χ4v) is 4.39. The monoisotopic (exact) mass is 294 g/mol. The van der Waals surface area contributed by atoms with Crippen molar-refractivity contribution in [1.82, 2.24) is 10.3 Å². The van der Waals surface area contributed by atoms with Gasteiger partial charge in [-0.15, -0.1) is 11.3 Å². The highest BCUT2D eigenvalue weighted by Crippen LogP contribution is 2.41. The summed E-state index contributed by atoms with van der Waals surface area (Å²) in [5.41, 5.74) is 1.61. The van der Waals surface area contributed by atoms with Gasteiger partial charge < -0.3 is 5.32 Å². The van der Waals surface area contributed by atoms with E-state index < -0.39 is 0 Å². The van der Waals surface area contributed by atoms with E-state index in [1.165, 1.54) is 30.0 Å². The molecule has 1 fully saturated rings. The summed E-state index contributed by atoms with van der Waals surface area (Å²) in [6.07, 6.45) is 5.20. The highest BCUT2D eigenvalue weighted by atomic mass is 32.1. The maximum absolute atomic E-state index is 4.68. The van der Waals surface area contributed by atoms with E-state index in [0.717, 1.165) is 24.8 Å². The van der Waals surface area contributed by atoms with Gasteiger partial charge in [-0.25, -0.2) is 4.98 Å². The van der Waals surface area contributed by atoms with Crippen LogP contribution in [0.5, 0.6) is 0 Å². The van der Waals surface area contributed by atoms with Gasteiger partial charge in [-0.3, -0.25) is 0 Å². The van der Waals surface area contributed by atoms with Crippen LogP contribution in [0.4, 0.5) is 0 Å². The quantitative estimate of drug-likeness (QED) is 0.888. The topological polar surface area (TPSA) is 24.9 Å². The number of nitrogens with zero attached hydrogens (tertiary/aromatic N) is 1. The SMILES string of the molecule is CCNC1CCC(C(C)(C)C)CC1Cc1nc(C)cs1. The minimum Gasteiger partial charge on any atom is -0.314 e. The van der Waals surface area contributed by atoms with E-state index >= 15 is 0 Å². The summed E-state index contributed by atoms with van der Waals surface area (Å²) >= 11 is 1.83. The normalized spacial score (nSPS) is 27.8. The number of thiazole rings is 1. The van der Waals surface area contributed by atoms with Crippen molar-refractivity contribution in [1.29, 1.82) is 0 Å². The van der Waals surface area contributed by atoms with E-state index in [2.05, 4.69) is 50.3 Å². The number of hydrogen-bond acceptors (Lipinski definition) is 3. The van der Waals surface area contributed by atoms with Crippen molar-refractivity contribution in [2.45, 2.75) is 66.3 Å². The highest BCUT2D eigenvalue weighted by Gasteiger charge is 2.35. The average molecular weight is 295 g/mol. The summed E-state index contributed by atoms with van der Waals surface area (Å²) in [6.45, 7) is 12.6. The van der Waals surface area contributed by atoms with Gasteiger partial charge in [0.2, 0.25) is 0 Å². The summed E-state index contributed by atoms with van der Waals surface area (Å²) in [5.74, 6) is 1.60. The van der Waals surface area contributed by atoms with E-state index in [1.54, 1.807) is 0 Å². The third-order valence-electron chi connectivity index (χ3n) is 4.78. The fraction of sp³-hybridized carbons (Fsp3) is 0.824. The molecule has 0 radical (unpaired) electrons. The number of rotatable bonds is 4. The lowest BCUT2D eigenvalue weighted by Gasteiger charge is -2.42. The lowest BCUT2D eigenvalue weighted by atomic mass is 9.67. The molecular weight excluding hydrogens is 264 g/mol. The summed E-state index contributed by atoms with van der Waals surface area (Å²) < 4.78 is 0. The van der Waals surface area contributed by atoms with Crippen molar-refractivity contribution >= 4 is 11.3 Å². The van der Waals surface area contributed by atoms with E-state index in [1.807, 2.05) is 11.3 Å². The van der Waals surface area contributed by atoms with Crippen LogP contribution in [0.25, 0.3) is 0 Å². The van der Waals surface area contributed by atoms with Gasteiger partial charge >= 0.3 is 0 Å². The number of aryl methyl sites for hydroxylation is 1. The zero-order valence-electron chi connectivity index (χ0n) is 13.7. The first-order valence-electron chi connectivity index (χ1n) is 8.04. The molecule has 0 spiro atoms. The Morgan fingerprint density at radius 3 is 2.65 bits per heavy atom. The van der Waals surface area contributed by atoms with Gasteiger partial charge in [0.1, 0.15) is 0 Å². The summed E-state index contributed by atoms with van der Waals surface area (Å²) in [4.78, 5) is 4.68. The largest absolute Gasteiger partial charge is 0.314 e. The Kier molecular flexibility index (Phi) is 5.25. The molecule has 0 saturated heterocycles. The Hall–Kier alpha value is -0.410. The maximum atomic E-state index is 4.68. The van der Waals surface area contributed by atoms with Gasteiger partial charge in [-0.05, 0) is 50.0 Å². The van der Waals surface area contributed by atoms with Crippen LogP contribution < -0.4 is 5.32 Å². The van der Waals surface area contributed by atoms with Crippen LogP contribution in [-0.4, -0.2) is 17.6 Å². The van der Waals surface area contributed by atoms with Crippen molar-refractivity contribution < 1.29 is 0 Å². The van der Waals surface area contributed by atoms with Crippen molar-refractivity contribution in [3.8, 4) is 0 Å². The molecule has 1 N–H and O–H groups in total. The summed E-state index contributed by atoms with van der Waals surface area (Å²) in [6, 6.07) is 0.683. The molecule has 1 aromatic heterocycles. The van der Waals surface area contributed by atoms with Gasteiger partial charge in [0.25, 0.3) is 0 Å². The first kappa shape index (κ1) is 16.0. The predicted octanol–water partition coefficient (Wildman–Crippen LogP) is 4.43. The first-order valence-corrected chi connectivity index (χ1v) is 8.92. The molecule has 1 heterocycles. The molecule has 1 aliphatic carbocycles. The van der Waals surface area contributed by atoms with Crippen LogP contribution in [0, 0.1) is 24.2 Å². The lowest BCUT2D eigenvalue weighted by molar-refractivity contribution is 0.114. The molecule has 3 unspecified atom stereocenters. The molecule has 1 aromatic rings. The Labute approximate surface area is 128 Å². The molecule has 114 valence electrons. The molecule has 2 nitrogen and oxygen atoms in total. The second-order valence-electron chi connectivity index (χ2n) is 7.39. The fourth-order valence-electron chi connectivity index (χ4n) is 3.53. The number of nitrogens with one attached hydrogen (secondary N) is 1. The van der Waals surface area contributed by atoms with Gasteiger partial charge in [0, 0.05) is 23.5 Å². The highest BCUT2D eigenvalue weighted by molar-refractivity contribution is 7.09. The van der Waals surface area contributed by atoms with Crippen LogP contribution in [-0.2, 0) is 6.42 Å². The van der Waals surface area contributed by atoms with E-state index in [4.69, 9.17) is 0 Å². The van der Waals surface area contributed by atoms with Crippen LogP contribution in [0.3, 0.4) is 0 Å².